The molecule has 3 rings (SSSR count). The predicted molar refractivity (Wildman–Crippen MR) is 55.6 cm³/mol. The Morgan fingerprint density at radius 1 is 1.20 bits per heavy atom. The number of aromatic nitrogens is 2. The molecule has 2 aliphatic rings. The molecule has 5 heteroatoms. The molecule has 0 bridgehead atoms. The quantitative estimate of drug-likeness (QED) is 0.696. The molecule has 0 aromatic carbocycles. The van der Waals surface area contributed by atoms with Crippen LogP contribution < -0.4 is 10.2 Å². The Morgan fingerprint density at radius 3 is 2.93 bits per heavy atom. The molecule has 0 unspecified atom stereocenters. The van der Waals surface area contributed by atoms with E-state index in [1.807, 2.05) is 0 Å². The predicted octanol–water partition coefficient (Wildman–Crippen LogP) is -0.0836. The van der Waals surface area contributed by atoms with Crippen molar-refractivity contribution in [2.24, 2.45) is 0 Å². The minimum absolute atomic E-state index is 0.636. The Bertz CT molecular complexity index is 362. The van der Waals surface area contributed by atoms with E-state index in [1.165, 1.54) is 5.56 Å². The maximum absolute atomic E-state index is 5.40. The lowest BCUT2D eigenvalue weighted by molar-refractivity contribution is 0.133. The standard InChI is InChI=1S/C10H14N4O/c1-3-14(4-2-11-1)10-8-5-15-6-9(8)12-7-13-10/h7,11H,1-6H2. The molecule has 0 radical (unpaired) electrons. The van der Waals surface area contributed by atoms with Gasteiger partial charge >= 0.3 is 0 Å². The van der Waals surface area contributed by atoms with Crippen molar-refractivity contribution in [3.05, 3.63) is 17.6 Å². The minimum Gasteiger partial charge on any atom is -0.370 e. The molecular weight excluding hydrogens is 192 g/mol. The molecule has 0 amide bonds. The summed E-state index contributed by atoms with van der Waals surface area (Å²) in [6.07, 6.45) is 1.64. The maximum atomic E-state index is 5.40. The van der Waals surface area contributed by atoms with Crippen molar-refractivity contribution < 1.29 is 4.74 Å². The molecule has 5 nitrogen and oxygen atoms in total. The lowest BCUT2D eigenvalue weighted by atomic mass is 10.2. The van der Waals surface area contributed by atoms with Gasteiger partial charge in [-0.05, 0) is 0 Å². The molecule has 0 atom stereocenters. The lowest BCUT2D eigenvalue weighted by Gasteiger charge is -2.29. The van der Waals surface area contributed by atoms with E-state index in [4.69, 9.17) is 4.74 Å². The first kappa shape index (κ1) is 9.06. The van der Waals surface area contributed by atoms with Crippen LogP contribution in [0, 0.1) is 0 Å². The van der Waals surface area contributed by atoms with E-state index in [0.717, 1.165) is 37.7 Å². The van der Waals surface area contributed by atoms with Gasteiger partial charge in [-0.2, -0.15) is 0 Å². The van der Waals surface area contributed by atoms with Gasteiger partial charge in [0.2, 0.25) is 0 Å². The van der Waals surface area contributed by atoms with Crippen molar-refractivity contribution in [2.75, 3.05) is 31.1 Å². The highest BCUT2D eigenvalue weighted by Gasteiger charge is 2.22. The summed E-state index contributed by atoms with van der Waals surface area (Å²) in [5, 5.41) is 3.34. The number of nitrogens with zero attached hydrogens (tertiary/aromatic N) is 3. The molecule has 2 aliphatic heterocycles. The first-order valence-electron chi connectivity index (χ1n) is 5.31. The summed E-state index contributed by atoms with van der Waals surface area (Å²) in [4.78, 5) is 10.9. The summed E-state index contributed by atoms with van der Waals surface area (Å²) >= 11 is 0. The molecule has 1 fully saturated rings. The Kier molecular flexibility index (Phi) is 2.26. The Morgan fingerprint density at radius 2 is 2.07 bits per heavy atom. The number of hydrogen-bond donors (Lipinski definition) is 1. The zero-order valence-electron chi connectivity index (χ0n) is 8.57. The van der Waals surface area contributed by atoms with Crippen LogP contribution in [0.15, 0.2) is 6.33 Å². The number of rotatable bonds is 1. The van der Waals surface area contributed by atoms with Crippen molar-refractivity contribution in [3.8, 4) is 0 Å². The second-order valence-corrected chi connectivity index (χ2v) is 3.85. The molecular formula is C10H14N4O. The third kappa shape index (κ3) is 1.57. The fourth-order valence-corrected chi connectivity index (χ4v) is 2.11. The van der Waals surface area contributed by atoms with Crippen molar-refractivity contribution in [2.45, 2.75) is 13.2 Å². The lowest BCUT2D eigenvalue weighted by Crippen LogP contribution is -2.44. The van der Waals surface area contributed by atoms with Gasteiger partial charge < -0.3 is 15.0 Å². The van der Waals surface area contributed by atoms with Crippen LogP contribution in [-0.4, -0.2) is 36.1 Å². The first-order chi connectivity index (χ1) is 7.45. The number of nitrogens with one attached hydrogen (secondary N) is 1. The second kappa shape index (κ2) is 3.75. The molecule has 1 saturated heterocycles. The zero-order valence-corrected chi connectivity index (χ0v) is 8.57. The van der Waals surface area contributed by atoms with Crippen LogP contribution in [0.2, 0.25) is 0 Å². The van der Waals surface area contributed by atoms with Gasteiger partial charge in [-0.3, -0.25) is 0 Å². The smallest absolute Gasteiger partial charge is 0.137 e. The summed E-state index contributed by atoms with van der Waals surface area (Å²) in [7, 11) is 0. The van der Waals surface area contributed by atoms with Gasteiger partial charge in [-0.15, -0.1) is 0 Å². The molecule has 80 valence electrons. The van der Waals surface area contributed by atoms with E-state index in [-0.39, 0.29) is 0 Å². The maximum Gasteiger partial charge on any atom is 0.137 e. The van der Waals surface area contributed by atoms with Gasteiger partial charge in [0.25, 0.3) is 0 Å². The fraction of sp³-hybridized carbons (Fsp3) is 0.600. The third-order valence-corrected chi connectivity index (χ3v) is 2.91. The van der Waals surface area contributed by atoms with Crippen molar-refractivity contribution in [1.29, 1.82) is 0 Å². The number of piperazine rings is 1. The van der Waals surface area contributed by atoms with E-state index >= 15 is 0 Å². The Hall–Kier alpha value is -1.20. The summed E-state index contributed by atoms with van der Waals surface area (Å²) in [5.74, 6) is 1.07. The van der Waals surface area contributed by atoms with Gasteiger partial charge in [0.05, 0.1) is 18.9 Å². The summed E-state index contributed by atoms with van der Waals surface area (Å²) in [6.45, 7) is 5.39. The normalized spacial score (nSPS) is 20.4. The van der Waals surface area contributed by atoms with E-state index in [0.29, 0.717) is 13.2 Å². The second-order valence-electron chi connectivity index (χ2n) is 3.85. The average Bonchev–Trinajstić information content (AvgIpc) is 2.78. The number of ether oxygens (including phenoxy) is 1. The number of fused-ring (bicyclic) bond motifs is 1. The molecule has 0 spiro atoms. The first-order valence-corrected chi connectivity index (χ1v) is 5.31. The topological polar surface area (TPSA) is 50.3 Å². The average molecular weight is 206 g/mol. The summed E-state index contributed by atoms with van der Waals surface area (Å²) in [6, 6.07) is 0. The highest BCUT2D eigenvalue weighted by atomic mass is 16.5. The van der Waals surface area contributed by atoms with Crippen LogP contribution in [0.4, 0.5) is 5.82 Å². The van der Waals surface area contributed by atoms with Crippen molar-refractivity contribution in [1.82, 2.24) is 15.3 Å². The van der Waals surface area contributed by atoms with Crippen LogP contribution in [-0.2, 0) is 18.0 Å². The van der Waals surface area contributed by atoms with Crippen LogP contribution >= 0.6 is 0 Å². The van der Waals surface area contributed by atoms with Crippen LogP contribution in [0.3, 0.4) is 0 Å². The largest absolute Gasteiger partial charge is 0.370 e. The monoisotopic (exact) mass is 206 g/mol. The zero-order chi connectivity index (χ0) is 10.1. The summed E-state index contributed by atoms with van der Waals surface area (Å²) in [5.41, 5.74) is 2.23. The SMILES string of the molecule is c1nc2c(c(N3CCNCC3)n1)COC2. The van der Waals surface area contributed by atoms with Crippen LogP contribution in [0.1, 0.15) is 11.3 Å². The highest BCUT2D eigenvalue weighted by Crippen LogP contribution is 2.26. The summed E-state index contributed by atoms with van der Waals surface area (Å²) < 4.78 is 5.40. The van der Waals surface area contributed by atoms with Gasteiger partial charge in [-0.25, -0.2) is 9.97 Å². The third-order valence-electron chi connectivity index (χ3n) is 2.91. The highest BCUT2D eigenvalue weighted by molar-refractivity contribution is 5.49. The van der Waals surface area contributed by atoms with Gasteiger partial charge in [0, 0.05) is 31.7 Å². The molecule has 1 aromatic heterocycles. The van der Waals surface area contributed by atoms with Gasteiger partial charge in [0.15, 0.2) is 0 Å². The molecule has 1 N–H and O–H groups in total. The fourth-order valence-electron chi connectivity index (χ4n) is 2.11. The van der Waals surface area contributed by atoms with E-state index in [1.54, 1.807) is 6.33 Å². The van der Waals surface area contributed by atoms with Crippen molar-refractivity contribution in [3.63, 3.8) is 0 Å². The van der Waals surface area contributed by atoms with E-state index < -0.39 is 0 Å². The number of anilines is 1. The molecule has 1 aromatic rings. The van der Waals surface area contributed by atoms with Crippen LogP contribution in [0.5, 0.6) is 0 Å². The molecule has 15 heavy (non-hydrogen) atoms. The van der Waals surface area contributed by atoms with E-state index in [2.05, 4.69) is 20.2 Å². The Balaban J connectivity index is 1.93. The molecule has 0 saturated carbocycles. The number of hydrogen-bond acceptors (Lipinski definition) is 5. The molecule has 3 heterocycles. The van der Waals surface area contributed by atoms with Crippen LogP contribution in [0.25, 0.3) is 0 Å². The van der Waals surface area contributed by atoms with E-state index in [9.17, 15) is 0 Å². The molecule has 0 aliphatic carbocycles. The van der Waals surface area contributed by atoms with Gasteiger partial charge in [0.1, 0.15) is 12.1 Å². The Labute approximate surface area is 88.5 Å². The van der Waals surface area contributed by atoms with Gasteiger partial charge in [-0.1, -0.05) is 0 Å². The minimum atomic E-state index is 0.636. The van der Waals surface area contributed by atoms with Crippen molar-refractivity contribution >= 4 is 5.82 Å².